The van der Waals surface area contributed by atoms with E-state index in [0.29, 0.717) is 6.04 Å². The van der Waals surface area contributed by atoms with E-state index in [2.05, 4.69) is 61.3 Å². The first-order chi connectivity index (χ1) is 16.7. The maximum absolute atomic E-state index is 12.8. The van der Waals surface area contributed by atoms with Gasteiger partial charge in [0.2, 0.25) is 5.91 Å². The molecule has 0 unspecified atom stereocenters. The van der Waals surface area contributed by atoms with Gasteiger partial charge in [0, 0.05) is 48.6 Å². The molecule has 1 aliphatic carbocycles. The minimum atomic E-state index is 0.115. The molecule has 35 heavy (non-hydrogen) atoms. The van der Waals surface area contributed by atoms with Gasteiger partial charge in [0.25, 0.3) is 0 Å². The summed E-state index contributed by atoms with van der Waals surface area (Å²) in [5, 5.41) is 4.42. The van der Waals surface area contributed by atoms with Crippen LogP contribution in [0.25, 0.3) is 0 Å². The number of rotatable bonds is 6. The van der Waals surface area contributed by atoms with Crippen LogP contribution in [0.1, 0.15) is 57.6 Å². The van der Waals surface area contributed by atoms with Gasteiger partial charge in [-0.25, -0.2) is 0 Å². The lowest BCUT2D eigenvalue weighted by Crippen LogP contribution is -2.50. The Morgan fingerprint density at radius 3 is 2.26 bits per heavy atom. The first-order valence-electron chi connectivity index (χ1n) is 13.0. The Kier molecular flexibility index (Phi) is 8.28. The van der Waals surface area contributed by atoms with E-state index >= 15 is 0 Å². The highest BCUT2D eigenvalue weighted by molar-refractivity contribution is 6.31. The van der Waals surface area contributed by atoms with Gasteiger partial charge < -0.3 is 19.9 Å². The number of ether oxygens (including phenoxy) is 1. The molecule has 5 nitrogen and oxygen atoms in total. The topological polar surface area (TPSA) is 44.8 Å². The summed E-state index contributed by atoms with van der Waals surface area (Å²) in [5.74, 6) is 0.115. The van der Waals surface area contributed by atoms with Gasteiger partial charge in [-0.2, -0.15) is 0 Å². The number of piperazine rings is 1. The molecule has 190 valence electrons. The summed E-state index contributed by atoms with van der Waals surface area (Å²) < 4.78 is 6.04. The molecular weight excluding hydrogens is 458 g/mol. The summed E-state index contributed by atoms with van der Waals surface area (Å²) in [6.45, 7) is 12.2. The van der Waals surface area contributed by atoms with Crippen LogP contribution in [0.2, 0.25) is 5.02 Å². The van der Waals surface area contributed by atoms with Crippen molar-refractivity contribution in [2.75, 3.05) is 43.0 Å². The molecular formula is C29H40ClN3O2. The Morgan fingerprint density at radius 1 is 1.00 bits per heavy atom. The Hall–Kier alpha value is -2.24. The van der Waals surface area contributed by atoms with Crippen LogP contribution >= 0.6 is 11.6 Å². The van der Waals surface area contributed by atoms with Crippen molar-refractivity contribution >= 4 is 28.9 Å². The highest BCUT2D eigenvalue weighted by Crippen LogP contribution is 2.27. The van der Waals surface area contributed by atoms with Crippen LogP contribution in [0.4, 0.5) is 11.4 Å². The number of hydrogen-bond acceptors (Lipinski definition) is 4. The molecule has 4 rings (SSSR count). The molecule has 1 N–H and O–H groups in total. The van der Waals surface area contributed by atoms with Crippen LogP contribution in [-0.4, -0.2) is 55.7 Å². The maximum Gasteiger partial charge on any atom is 0.248 e. The number of anilines is 2. The normalized spacial score (nSPS) is 21.2. The molecule has 2 aromatic carbocycles. The number of carbonyl (C=O) groups is 1. The fourth-order valence-electron chi connectivity index (χ4n) is 5.01. The van der Waals surface area contributed by atoms with Crippen molar-refractivity contribution in [2.24, 2.45) is 0 Å². The van der Waals surface area contributed by atoms with Gasteiger partial charge in [0.1, 0.15) is 6.61 Å². The zero-order chi connectivity index (χ0) is 25.0. The summed E-state index contributed by atoms with van der Waals surface area (Å²) in [7, 11) is 0. The van der Waals surface area contributed by atoms with Crippen molar-refractivity contribution in [2.45, 2.75) is 70.9 Å². The second kappa shape index (κ2) is 11.2. The second-order valence-electron chi connectivity index (χ2n) is 11.1. The third kappa shape index (κ3) is 6.92. The number of amides is 1. The van der Waals surface area contributed by atoms with E-state index in [1.54, 1.807) is 0 Å². The molecule has 1 saturated heterocycles. The van der Waals surface area contributed by atoms with Crippen molar-refractivity contribution in [3.63, 3.8) is 0 Å². The van der Waals surface area contributed by atoms with Crippen molar-refractivity contribution in [3.8, 4) is 0 Å². The second-order valence-corrected chi connectivity index (χ2v) is 11.5. The molecule has 6 heteroatoms. The smallest absolute Gasteiger partial charge is 0.248 e. The summed E-state index contributed by atoms with van der Waals surface area (Å²) in [4.78, 5) is 17.1. The van der Waals surface area contributed by atoms with Crippen LogP contribution in [0.3, 0.4) is 0 Å². The summed E-state index contributed by atoms with van der Waals surface area (Å²) in [6, 6.07) is 15.4. The predicted octanol–water partition coefficient (Wildman–Crippen LogP) is 6.03. The van der Waals surface area contributed by atoms with Gasteiger partial charge in [-0.3, -0.25) is 4.79 Å². The lowest BCUT2D eigenvalue weighted by Gasteiger charge is -2.37. The summed E-state index contributed by atoms with van der Waals surface area (Å²) >= 11 is 6.14. The Bertz CT molecular complexity index is 986. The molecule has 2 aromatic rings. The molecule has 0 aromatic heterocycles. The Morgan fingerprint density at radius 2 is 1.66 bits per heavy atom. The highest BCUT2D eigenvalue weighted by Gasteiger charge is 2.25. The maximum atomic E-state index is 12.8. The van der Waals surface area contributed by atoms with Gasteiger partial charge in [0.15, 0.2) is 0 Å². The minimum Gasteiger partial charge on any atom is -0.382 e. The monoisotopic (exact) mass is 497 g/mol. The third-order valence-electron chi connectivity index (χ3n) is 7.38. The highest BCUT2D eigenvalue weighted by atomic mass is 35.5. The minimum absolute atomic E-state index is 0.115. The van der Waals surface area contributed by atoms with E-state index in [4.69, 9.17) is 16.3 Å². The lowest BCUT2D eigenvalue weighted by atomic mass is 9.87. The zero-order valence-electron chi connectivity index (χ0n) is 21.6. The SMILES string of the molecule is Cc1cc(NC2CCC(OCC(=O)N3CCN(c4ccc(C(C)(C)C)cc4)CC3)CC2)ccc1Cl. The molecule has 1 aliphatic heterocycles. The van der Waals surface area contributed by atoms with E-state index in [1.807, 2.05) is 24.0 Å². The van der Waals surface area contributed by atoms with Crippen LogP contribution in [0, 0.1) is 6.92 Å². The third-order valence-corrected chi connectivity index (χ3v) is 7.80. The summed E-state index contributed by atoms with van der Waals surface area (Å²) in [5.41, 5.74) is 4.95. The molecule has 2 fully saturated rings. The number of hydrogen-bond donors (Lipinski definition) is 1. The van der Waals surface area contributed by atoms with Gasteiger partial charge in [-0.15, -0.1) is 0 Å². The Balaban J connectivity index is 1.16. The fraction of sp³-hybridized carbons (Fsp3) is 0.552. The van der Waals surface area contributed by atoms with Crippen molar-refractivity contribution in [1.82, 2.24) is 4.90 Å². The van der Waals surface area contributed by atoms with Gasteiger partial charge in [-0.1, -0.05) is 44.5 Å². The molecule has 1 amide bonds. The predicted molar refractivity (Wildman–Crippen MR) is 146 cm³/mol. The molecule has 0 atom stereocenters. The van der Waals surface area contributed by atoms with Crippen molar-refractivity contribution in [3.05, 3.63) is 58.6 Å². The molecule has 1 heterocycles. The average molecular weight is 498 g/mol. The van der Waals surface area contributed by atoms with E-state index in [-0.39, 0.29) is 24.0 Å². The summed E-state index contributed by atoms with van der Waals surface area (Å²) in [6.07, 6.45) is 4.23. The van der Waals surface area contributed by atoms with Gasteiger partial charge in [0.05, 0.1) is 6.10 Å². The molecule has 1 saturated carbocycles. The molecule has 2 aliphatic rings. The molecule has 0 bridgehead atoms. The van der Waals surface area contributed by atoms with E-state index in [0.717, 1.165) is 68.1 Å². The van der Waals surface area contributed by atoms with Gasteiger partial charge in [-0.05, 0) is 79.5 Å². The van der Waals surface area contributed by atoms with Crippen LogP contribution in [0.5, 0.6) is 0 Å². The Labute approximate surface area is 215 Å². The van der Waals surface area contributed by atoms with Crippen molar-refractivity contribution < 1.29 is 9.53 Å². The number of nitrogens with one attached hydrogen (secondary N) is 1. The number of aryl methyl sites for hydroxylation is 1. The van der Waals surface area contributed by atoms with Crippen molar-refractivity contribution in [1.29, 1.82) is 0 Å². The lowest BCUT2D eigenvalue weighted by molar-refractivity contribution is -0.139. The van der Waals surface area contributed by atoms with Gasteiger partial charge >= 0.3 is 0 Å². The number of benzene rings is 2. The van der Waals surface area contributed by atoms with Crippen LogP contribution in [-0.2, 0) is 14.9 Å². The molecule has 0 radical (unpaired) electrons. The molecule has 0 spiro atoms. The quantitative estimate of drug-likeness (QED) is 0.528. The standard InChI is InChI=1S/C29H40ClN3O2/c1-21-19-24(9-14-27(21)30)31-23-7-12-26(13-8-23)35-20-28(34)33-17-15-32(16-18-33)25-10-5-22(6-11-25)29(2,3)4/h5-6,9-11,14,19,23,26,31H,7-8,12-13,15-18,20H2,1-4H3. The van der Waals surface area contributed by atoms with E-state index < -0.39 is 0 Å². The average Bonchev–Trinajstić information content (AvgIpc) is 2.85. The largest absolute Gasteiger partial charge is 0.382 e. The van der Waals surface area contributed by atoms with Crippen LogP contribution in [0.15, 0.2) is 42.5 Å². The number of carbonyl (C=O) groups excluding carboxylic acids is 1. The zero-order valence-corrected chi connectivity index (χ0v) is 22.4. The first kappa shape index (κ1) is 25.8. The number of nitrogens with zero attached hydrogens (tertiary/aromatic N) is 2. The van der Waals surface area contributed by atoms with Crippen LogP contribution < -0.4 is 10.2 Å². The first-order valence-corrected chi connectivity index (χ1v) is 13.3. The van der Waals surface area contributed by atoms with E-state index in [9.17, 15) is 4.79 Å². The fourth-order valence-corrected chi connectivity index (χ4v) is 5.13. The number of halogens is 1. The van der Waals surface area contributed by atoms with E-state index in [1.165, 1.54) is 11.3 Å².